The average Bonchev–Trinajstić information content (AvgIpc) is 2.93. The SMILES string of the molecule is C/C=C(\C=NC)c1ccc(C)cn1.C=C(C)c1cc(C)ccc1C.C=CC=NC.CC.CC.CCC(C)C. The Morgan fingerprint density at radius 1 is 0.947 bits per heavy atom. The molecule has 0 aliphatic carbocycles. The van der Waals surface area contributed by atoms with Crippen molar-refractivity contribution >= 4 is 23.6 Å². The Hall–Kier alpha value is -3.07. The average molecular weight is 522 g/mol. The van der Waals surface area contributed by atoms with E-state index in [2.05, 4.69) is 87.0 Å². The molecule has 2 rings (SSSR count). The smallest absolute Gasteiger partial charge is 0.0714 e. The molecule has 1 aromatic heterocycles. The molecule has 1 heterocycles. The fraction of sp³-hybridized carbons (Fsp3) is 0.457. The van der Waals surface area contributed by atoms with Crippen LogP contribution in [0.4, 0.5) is 0 Å². The van der Waals surface area contributed by atoms with Crippen LogP contribution in [0.15, 0.2) is 71.8 Å². The topological polar surface area (TPSA) is 37.6 Å². The summed E-state index contributed by atoms with van der Waals surface area (Å²) in [7, 11) is 3.47. The lowest BCUT2D eigenvalue weighted by molar-refractivity contribution is 0.626. The predicted molar refractivity (Wildman–Crippen MR) is 180 cm³/mol. The fourth-order valence-corrected chi connectivity index (χ4v) is 2.37. The second-order valence-electron chi connectivity index (χ2n) is 8.40. The number of nitrogens with zero attached hydrogens (tertiary/aromatic N) is 3. The molecule has 0 radical (unpaired) electrons. The van der Waals surface area contributed by atoms with E-state index >= 15 is 0 Å². The quantitative estimate of drug-likeness (QED) is 0.360. The Balaban J connectivity index is -0.000000208. The largest absolute Gasteiger partial charge is 0.297 e. The zero-order chi connectivity index (χ0) is 30.5. The first-order chi connectivity index (χ1) is 18.1. The monoisotopic (exact) mass is 521 g/mol. The number of aryl methyl sites for hydroxylation is 3. The van der Waals surface area contributed by atoms with E-state index in [4.69, 9.17) is 0 Å². The number of hydrogen-bond acceptors (Lipinski definition) is 3. The fourth-order valence-electron chi connectivity index (χ4n) is 2.37. The Morgan fingerprint density at radius 2 is 1.47 bits per heavy atom. The van der Waals surface area contributed by atoms with Crippen LogP contribution in [0, 0.1) is 26.7 Å². The minimum atomic E-state index is 0.884. The van der Waals surface area contributed by atoms with E-state index in [1.165, 1.54) is 28.7 Å². The highest BCUT2D eigenvalue weighted by molar-refractivity contribution is 6.08. The minimum Gasteiger partial charge on any atom is -0.297 e. The summed E-state index contributed by atoms with van der Waals surface area (Å²) in [5.41, 5.74) is 8.24. The molecule has 0 bridgehead atoms. The van der Waals surface area contributed by atoms with E-state index in [0.29, 0.717) is 0 Å². The molecule has 0 N–H and O–H groups in total. The van der Waals surface area contributed by atoms with Crippen molar-refractivity contribution in [1.29, 1.82) is 0 Å². The van der Waals surface area contributed by atoms with Crippen molar-refractivity contribution in [3.8, 4) is 0 Å². The highest BCUT2D eigenvalue weighted by Gasteiger charge is 1.98. The Morgan fingerprint density at radius 3 is 1.76 bits per heavy atom. The first-order valence-corrected chi connectivity index (χ1v) is 13.8. The summed E-state index contributed by atoms with van der Waals surface area (Å²) in [5, 5.41) is 0. The molecule has 0 amide bonds. The first-order valence-electron chi connectivity index (χ1n) is 13.8. The lowest BCUT2D eigenvalue weighted by Crippen LogP contribution is -1.90. The van der Waals surface area contributed by atoms with Crippen LogP contribution < -0.4 is 0 Å². The van der Waals surface area contributed by atoms with Gasteiger partial charge in [0.1, 0.15) is 0 Å². The lowest BCUT2D eigenvalue weighted by atomic mass is 10.0. The van der Waals surface area contributed by atoms with E-state index in [1.54, 1.807) is 26.4 Å². The minimum absolute atomic E-state index is 0.884. The van der Waals surface area contributed by atoms with Crippen molar-refractivity contribution < 1.29 is 0 Å². The van der Waals surface area contributed by atoms with Crippen molar-refractivity contribution in [2.75, 3.05) is 14.1 Å². The third kappa shape index (κ3) is 24.6. The Labute approximate surface area is 237 Å². The van der Waals surface area contributed by atoms with Crippen LogP contribution in [0.5, 0.6) is 0 Å². The van der Waals surface area contributed by atoms with Gasteiger partial charge in [-0.3, -0.25) is 15.0 Å². The van der Waals surface area contributed by atoms with Gasteiger partial charge in [-0.15, -0.1) is 0 Å². The van der Waals surface area contributed by atoms with Gasteiger partial charge in [-0.05, 0) is 63.3 Å². The van der Waals surface area contributed by atoms with Crippen LogP contribution in [0.1, 0.15) is 96.7 Å². The van der Waals surface area contributed by atoms with E-state index in [1.807, 2.05) is 73.0 Å². The van der Waals surface area contributed by atoms with Gasteiger partial charge in [0.25, 0.3) is 0 Å². The van der Waals surface area contributed by atoms with Crippen molar-refractivity contribution in [3.63, 3.8) is 0 Å². The van der Waals surface area contributed by atoms with Gasteiger partial charge in [0, 0.05) is 38.3 Å². The number of pyridine rings is 1. The summed E-state index contributed by atoms with van der Waals surface area (Å²) in [6.07, 6.45) is 10.3. The molecule has 0 saturated heterocycles. The molecule has 3 nitrogen and oxygen atoms in total. The van der Waals surface area contributed by atoms with Crippen molar-refractivity contribution in [1.82, 2.24) is 4.98 Å². The molecule has 0 atom stereocenters. The molecule has 0 spiro atoms. The van der Waals surface area contributed by atoms with Crippen molar-refractivity contribution in [2.45, 2.75) is 89.5 Å². The zero-order valence-electron chi connectivity index (χ0n) is 27.3. The van der Waals surface area contributed by atoms with Crippen LogP contribution in [0.2, 0.25) is 0 Å². The number of benzene rings is 1. The van der Waals surface area contributed by atoms with Gasteiger partial charge in [-0.2, -0.15) is 0 Å². The van der Waals surface area contributed by atoms with E-state index in [-0.39, 0.29) is 0 Å². The molecule has 0 saturated carbocycles. The summed E-state index contributed by atoms with van der Waals surface area (Å²) >= 11 is 0. The summed E-state index contributed by atoms with van der Waals surface area (Å²) in [6, 6.07) is 10.5. The van der Waals surface area contributed by atoms with Gasteiger partial charge in [0.2, 0.25) is 0 Å². The van der Waals surface area contributed by atoms with Gasteiger partial charge in [-0.25, -0.2) is 0 Å². The van der Waals surface area contributed by atoms with Gasteiger partial charge < -0.3 is 0 Å². The molecule has 3 heteroatoms. The number of aliphatic imine (C=N–C) groups is 2. The van der Waals surface area contributed by atoms with Crippen LogP contribution in [0.25, 0.3) is 11.1 Å². The first kappa shape index (κ1) is 42.0. The number of hydrogen-bond donors (Lipinski definition) is 0. The summed E-state index contributed by atoms with van der Waals surface area (Å²) in [4.78, 5) is 11.9. The zero-order valence-corrected chi connectivity index (χ0v) is 27.3. The highest BCUT2D eigenvalue weighted by atomic mass is 14.7. The Kier molecular flexibility index (Phi) is 33.4. The van der Waals surface area contributed by atoms with Gasteiger partial charge in [-0.1, -0.05) is 116 Å². The number of aromatic nitrogens is 1. The second kappa shape index (κ2) is 30.2. The third-order valence-corrected chi connectivity index (χ3v) is 4.71. The molecule has 0 aliphatic rings. The molecule has 38 heavy (non-hydrogen) atoms. The standard InChI is InChI=1S/C11H14N2.C11H14.C5H12.C4H7N.2C2H6/c1-4-10(8-12-3)11-6-5-9(2)7-13-11;1-8(2)11-7-9(3)5-6-10(11)4;1-4-5(2)3;1-3-4-5-2;2*1-2/h4-8H,1-3H3;5-7H,1H2,2-4H3;5H,4H2,1-3H3;3-4H,1H2,2H3;2*1-2H3/b10-4+,12-8?;;;;;. The maximum absolute atomic E-state index is 4.31. The summed E-state index contributed by atoms with van der Waals surface area (Å²) in [5.74, 6) is 0.884. The van der Waals surface area contributed by atoms with Crippen molar-refractivity contribution in [2.24, 2.45) is 15.9 Å². The molecular formula is C35H59N3. The van der Waals surface area contributed by atoms with Crippen molar-refractivity contribution in [3.05, 3.63) is 89.8 Å². The molecular weight excluding hydrogens is 462 g/mol. The molecule has 2 aromatic rings. The van der Waals surface area contributed by atoms with Gasteiger partial charge in [0.05, 0.1) is 5.69 Å². The van der Waals surface area contributed by atoms with Gasteiger partial charge >= 0.3 is 0 Å². The van der Waals surface area contributed by atoms with Crippen LogP contribution in [0.3, 0.4) is 0 Å². The van der Waals surface area contributed by atoms with E-state index in [9.17, 15) is 0 Å². The summed E-state index contributed by atoms with van der Waals surface area (Å²) < 4.78 is 0. The Bertz CT molecular complexity index is 915. The predicted octanol–water partition coefficient (Wildman–Crippen LogP) is 10.8. The maximum atomic E-state index is 4.31. The van der Waals surface area contributed by atoms with E-state index in [0.717, 1.165) is 22.8 Å². The molecule has 0 aliphatic heterocycles. The summed E-state index contributed by atoms with van der Waals surface area (Å²) in [6.45, 7) is 32.2. The molecule has 0 fully saturated rings. The van der Waals surface area contributed by atoms with Crippen LogP contribution >= 0.6 is 0 Å². The maximum Gasteiger partial charge on any atom is 0.0714 e. The van der Waals surface area contributed by atoms with Gasteiger partial charge in [0.15, 0.2) is 0 Å². The molecule has 214 valence electrons. The van der Waals surface area contributed by atoms with Crippen LogP contribution in [-0.2, 0) is 0 Å². The third-order valence-electron chi connectivity index (χ3n) is 4.71. The highest BCUT2D eigenvalue weighted by Crippen LogP contribution is 2.17. The van der Waals surface area contributed by atoms with Crippen LogP contribution in [-0.4, -0.2) is 31.5 Å². The van der Waals surface area contributed by atoms with E-state index < -0.39 is 0 Å². The number of rotatable bonds is 5. The second-order valence-corrected chi connectivity index (χ2v) is 8.40. The number of allylic oxidation sites excluding steroid dienone is 4. The molecule has 0 unspecified atom stereocenters. The lowest BCUT2D eigenvalue weighted by Gasteiger charge is -2.05. The molecule has 1 aromatic carbocycles. The normalized spacial score (nSPS) is 9.82.